The summed E-state index contributed by atoms with van der Waals surface area (Å²) in [5.41, 5.74) is 8.99. The van der Waals surface area contributed by atoms with Crippen LogP contribution in [0.15, 0.2) is 54.6 Å². The second-order valence-electron chi connectivity index (χ2n) is 5.01. The molecule has 0 saturated carbocycles. The van der Waals surface area contributed by atoms with E-state index in [2.05, 4.69) is 17.4 Å². The number of nitrogens with two attached hydrogens (primary N) is 1. The lowest BCUT2D eigenvalue weighted by Gasteiger charge is -2.12. The summed E-state index contributed by atoms with van der Waals surface area (Å²) in [6.45, 7) is 1.27. The van der Waals surface area contributed by atoms with Crippen molar-refractivity contribution in [3.63, 3.8) is 0 Å². The molecule has 0 aliphatic heterocycles. The van der Waals surface area contributed by atoms with Crippen LogP contribution in [0.25, 0.3) is 0 Å². The molecular formula is C17H22N2O. The van der Waals surface area contributed by atoms with Crippen LogP contribution in [-0.4, -0.2) is 17.8 Å². The Morgan fingerprint density at radius 3 is 2.45 bits per heavy atom. The number of para-hydroxylation sites is 1. The first-order chi connectivity index (χ1) is 9.75. The van der Waals surface area contributed by atoms with Crippen molar-refractivity contribution in [3.05, 3.63) is 65.7 Å². The van der Waals surface area contributed by atoms with E-state index in [1.165, 1.54) is 5.56 Å². The largest absolute Gasteiger partial charge is 0.398 e. The van der Waals surface area contributed by atoms with E-state index in [0.717, 1.165) is 24.1 Å². The van der Waals surface area contributed by atoms with Gasteiger partial charge in [-0.25, -0.2) is 0 Å². The number of aryl methyl sites for hydroxylation is 1. The number of aliphatic hydroxyl groups excluding tert-OH is 1. The summed E-state index contributed by atoms with van der Waals surface area (Å²) in [5.74, 6) is 0. The number of hydrogen-bond acceptors (Lipinski definition) is 3. The summed E-state index contributed by atoms with van der Waals surface area (Å²) in [6, 6.07) is 18.0. The van der Waals surface area contributed by atoms with Crippen molar-refractivity contribution in [3.8, 4) is 0 Å². The number of rotatable bonds is 7. The quantitative estimate of drug-likeness (QED) is 0.677. The highest BCUT2D eigenvalue weighted by atomic mass is 16.3. The highest BCUT2D eigenvalue weighted by molar-refractivity contribution is 5.46. The molecule has 0 amide bonds. The smallest absolute Gasteiger partial charge is 0.0667 e. The van der Waals surface area contributed by atoms with Crippen LogP contribution in [0, 0.1) is 0 Å². The second kappa shape index (κ2) is 7.68. The van der Waals surface area contributed by atoms with Crippen LogP contribution < -0.4 is 11.1 Å². The van der Waals surface area contributed by atoms with E-state index in [-0.39, 0.29) is 6.10 Å². The lowest BCUT2D eigenvalue weighted by atomic mass is 10.1. The molecule has 0 aromatic heterocycles. The van der Waals surface area contributed by atoms with E-state index in [1.54, 1.807) is 0 Å². The summed E-state index contributed by atoms with van der Waals surface area (Å²) in [4.78, 5) is 0. The minimum Gasteiger partial charge on any atom is -0.398 e. The van der Waals surface area contributed by atoms with Crippen LogP contribution in [0.4, 0.5) is 5.69 Å². The number of anilines is 1. The molecule has 3 nitrogen and oxygen atoms in total. The number of benzene rings is 2. The van der Waals surface area contributed by atoms with E-state index < -0.39 is 0 Å². The van der Waals surface area contributed by atoms with Gasteiger partial charge < -0.3 is 16.2 Å². The number of nitrogens with one attached hydrogen (secondary N) is 1. The molecule has 0 unspecified atom stereocenters. The Hall–Kier alpha value is -1.84. The molecule has 1 atom stereocenters. The monoisotopic (exact) mass is 270 g/mol. The van der Waals surface area contributed by atoms with Crippen LogP contribution >= 0.6 is 0 Å². The Morgan fingerprint density at radius 2 is 1.70 bits per heavy atom. The molecule has 0 bridgehead atoms. The average molecular weight is 270 g/mol. The van der Waals surface area contributed by atoms with E-state index in [9.17, 15) is 5.11 Å². The van der Waals surface area contributed by atoms with Crippen LogP contribution in [0.1, 0.15) is 17.5 Å². The SMILES string of the molecule is Nc1ccccc1CNC[C@H](O)CCc1ccccc1. The summed E-state index contributed by atoms with van der Waals surface area (Å²) < 4.78 is 0. The molecule has 4 N–H and O–H groups in total. The predicted octanol–water partition coefficient (Wildman–Crippen LogP) is 2.35. The van der Waals surface area contributed by atoms with Crippen molar-refractivity contribution in [1.82, 2.24) is 5.32 Å². The van der Waals surface area contributed by atoms with Crippen molar-refractivity contribution >= 4 is 5.69 Å². The topological polar surface area (TPSA) is 58.3 Å². The number of hydrogen-bond donors (Lipinski definition) is 3. The summed E-state index contributed by atoms with van der Waals surface area (Å²) in [5, 5.41) is 13.2. The van der Waals surface area contributed by atoms with Crippen molar-refractivity contribution in [1.29, 1.82) is 0 Å². The van der Waals surface area contributed by atoms with Gasteiger partial charge in [-0.15, -0.1) is 0 Å². The highest BCUT2D eigenvalue weighted by Gasteiger charge is 2.05. The maximum atomic E-state index is 9.96. The van der Waals surface area contributed by atoms with Gasteiger partial charge in [0.1, 0.15) is 0 Å². The zero-order valence-corrected chi connectivity index (χ0v) is 11.6. The fourth-order valence-corrected chi connectivity index (χ4v) is 2.15. The summed E-state index contributed by atoms with van der Waals surface area (Å²) in [6.07, 6.45) is 1.33. The zero-order valence-electron chi connectivity index (χ0n) is 11.6. The first kappa shape index (κ1) is 14.6. The molecule has 106 valence electrons. The fraction of sp³-hybridized carbons (Fsp3) is 0.294. The number of aliphatic hydroxyl groups is 1. The lowest BCUT2D eigenvalue weighted by Crippen LogP contribution is -2.27. The second-order valence-corrected chi connectivity index (χ2v) is 5.01. The van der Waals surface area contributed by atoms with E-state index >= 15 is 0 Å². The van der Waals surface area contributed by atoms with Gasteiger partial charge >= 0.3 is 0 Å². The first-order valence-electron chi connectivity index (χ1n) is 7.02. The normalized spacial score (nSPS) is 12.2. The van der Waals surface area contributed by atoms with Crippen molar-refractivity contribution < 1.29 is 5.11 Å². The molecule has 2 aromatic carbocycles. The maximum Gasteiger partial charge on any atom is 0.0667 e. The average Bonchev–Trinajstić information content (AvgIpc) is 2.48. The van der Waals surface area contributed by atoms with Gasteiger partial charge in [-0.2, -0.15) is 0 Å². The van der Waals surface area contributed by atoms with Crippen LogP contribution in [0.3, 0.4) is 0 Å². The molecule has 20 heavy (non-hydrogen) atoms. The van der Waals surface area contributed by atoms with Crippen LogP contribution in [0.2, 0.25) is 0 Å². The molecule has 0 aliphatic rings. The van der Waals surface area contributed by atoms with Gasteiger partial charge in [-0.1, -0.05) is 48.5 Å². The molecule has 0 fully saturated rings. The molecule has 2 aromatic rings. The third kappa shape index (κ3) is 4.68. The van der Waals surface area contributed by atoms with Gasteiger partial charge in [0.2, 0.25) is 0 Å². The fourth-order valence-electron chi connectivity index (χ4n) is 2.15. The molecule has 0 spiro atoms. The maximum absolute atomic E-state index is 9.96. The van der Waals surface area contributed by atoms with Gasteiger partial charge in [0, 0.05) is 18.8 Å². The Bertz CT molecular complexity index is 513. The van der Waals surface area contributed by atoms with Crippen LogP contribution in [-0.2, 0) is 13.0 Å². The van der Waals surface area contributed by atoms with E-state index in [1.807, 2.05) is 42.5 Å². The summed E-state index contributed by atoms with van der Waals surface area (Å²) in [7, 11) is 0. The molecule has 0 aliphatic carbocycles. The van der Waals surface area contributed by atoms with Crippen molar-refractivity contribution in [2.45, 2.75) is 25.5 Å². The minimum atomic E-state index is -0.333. The lowest BCUT2D eigenvalue weighted by molar-refractivity contribution is 0.161. The van der Waals surface area contributed by atoms with Crippen molar-refractivity contribution in [2.24, 2.45) is 0 Å². The third-order valence-corrected chi connectivity index (χ3v) is 3.36. The molecule has 3 heteroatoms. The first-order valence-corrected chi connectivity index (χ1v) is 7.02. The third-order valence-electron chi connectivity index (χ3n) is 3.36. The standard InChI is InChI=1S/C17H22N2O/c18-17-9-5-4-8-15(17)12-19-13-16(20)11-10-14-6-2-1-3-7-14/h1-9,16,19-20H,10-13,18H2/t16-/m1/s1. The van der Waals surface area contributed by atoms with Gasteiger partial charge in [-0.05, 0) is 30.0 Å². The minimum absolute atomic E-state index is 0.333. The van der Waals surface area contributed by atoms with Crippen LogP contribution in [0.5, 0.6) is 0 Å². The Morgan fingerprint density at radius 1 is 1.00 bits per heavy atom. The molecule has 0 saturated heterocycles. The Labute approximate surface area is 120 Å². The van der Waals surface area contributed by atoms with E-state index in [0.29, 0.717) is 13.1 Å². The number of nitrogen functional groups attached to an aromatic ring is 1. The van der Waals surface area contributed by atoms with Crippen molar-refractivity contribution in [2.75, 3.05) is 12.3 Å². The predicted molar refractivity (Wildman–Crippen MR) is 83.3 cm³/mol. The summed E-state index contributed by atoms with van der Waals surface area (Å²) >= 11 is 0. The Kier molecular flexibility index (Phi) is 5.59. The Balaban J connectivity index is 1.68. The van der Waals surface area contributed by atoms with Gasteiger partial charge in [0.25, 0.3) is 0 Å². The zero-order chi connectivity index (χ0) is 14.2. The molecule has 0 radical (unpaired) electrons. The highest BCUT2D eigenvalue weighted by Crippen LogP contribution is 2.10. The molecule has 2 rings (SSSR count). The van der Waals surface area contributed by atoms with Gasteiger partial charge in [0.15, 0.2) is 0 Å². The molecular weight excluding hydrogens is 248 g/mol. The van der Waals surface area contributed by atoms with E-state index in [4.69, 9.17) is 5.73 Å². The molecule has 0 heterocycles. The van der Waals surface area contributed by atoms with Gasteiger partial charge in [-0.3, -0.25) is 0 Å². The van der Waals surface area contributed by atoms with Gasteiger partial charge in [0.05, 0.1) is 6.10 Å².